The summed E-state index contributed by atoms with van der Waals surface area (Å²) in [5.74, 6) is -1.17. The molecule has 2 N–H and O–H groups in total. The summed E-state index contributed by atoms with van der Waals surface area (Å²) in [7, 11) is -0.730. The predicted molar refractivity (Wildman–Crippen MR) is 117 cm³/mol. The Labute approximate surface area is 182 Å². The molecule has 0 aromatic heterocycles. The van der Waals surface area contributed by atoms with E-state index in [-0.39, 0.29) is 13.2 Å². The number of rotatable bonds is 6. The maximum atomic E-state index is 13.4. The van der Waals surface area contributed by atoms with Crippen LogP contribution in [-0.2, 0) is 20.7 Å². The highest BCUT2D eigenvalue weighted by Crippen LogP contribution is 2.38. The molecule has 1 amide bonds. The Bertz CT molecular complexity index is 946. The van der Waals surface area contributed by atoms with Gasteiger partial charge in [0.25, 0.3) is 0 Å². The zero-order chi connectivity index (χ0) is 22.6. The number of aromatic hydroxyl groups is 1. The van der Waals surface area contributed by atoms with Gasteiger partial charge in [0.05, 0.1) is 11.2 Å². The highest BCUT2D eigenvalue weighted by atomic mass is 19.1. The van der Waals surface area contributed by atoms with Crippen LogP contribution in [0.5, 0.6) is 5.75 Å². The van der Waals surface area contributed by atoms with Crippen LogP contribution in [0, 0.1) is 5.82 Å². The van der Waals surface area contributed by atoms with Gasteiger partial charge in [0.15, 0.2) is 11.6 Å². The van der Waals surface area contributed by atoms with Gasteiger partial charge in [-0.3, -0.25) is 0 Å². The lowest BCUT2D eigenvalue weighted by atomic mass is 9.77. The van der Waals surface area contributed by atoms with Crippen molar-refractivity contribution in [1.82, 2.24) is 5.32 Å². The first kappa shape index (κ1) is 22.8. The fourth-order valence-electron chi connectivity index (χ4n) is 2.98. The molecule has 0 saturated carbocycles. The van der Waals surface area contributed by atoms with Gasteiger partial charge in [-0.25, -0.2) is 9.18 Å². The van der Waals surface area contributed by atoms with E-state index in [1.807, 2.05) is 58.0 Å². The molecule has 0 aliphatic carbocycles. The third-order valence-electron chi connectivity index (χ3n) is 5.53. The number of hydrogen-bond acceptors (Lipinski definition) is 5. The number of benzene rings is 2. The second-order valence-electron chi connectivity index (χ2n) is 8.43. The average Bonchev–Trinajstić information content (AvgIpc) is 2.94. The van der Waals surface area contributed by atoms with Crippen LogP contribution in [0.3, 0.4) is 0 Å². The number of halogens is 1. The van der Waals surface area contributed by atoms with Gasteiger partial charge in [-0.15, -0.1) is 0 Å². The third-order valence-corrected chi connectivity index (χ3v) is 5.53. The van der Waals surface area contributed by atoms with Crippen LogP contribution < -0.4 is 5.32 Å². The molecule has 1 heterocycles. The van der Waals surface area contributed by atoms with Crippen molar-refractivity contribution in [2.75, 3.05) is 6.54 Å². The molecule has 0 spiro atoms. The monoisotopic (exact) mass is 427 g/mol. The molecule has 31 heavy (non-hydrogen) atoms. The standard InChI is InChI=1S/C23H27BFNO5/c1-22(2)23(3,4)31-24(30-22)18(12-17-10-11-19(25)20(27)13-17)14-26-21(28)29-15-16-8-6-5-7-9-16/h5-13,27H,14-15H2,1-4H3,(H,26,28). The summed E-state index contributed by atoms with van der Waals surface area (Å²) in [5.41, 5.74) is 0.871. The maximum Gasteiger partial charge on any atom is 0.492 e. The summed E-state index contributed by atoms with van der Waals surface area (Å²) >= 11 is 0. The Morgan fingerprint density at radius 2 is 1.77 bits per heavy atom. The van der Waals surface area contributed by atoms with Gasteiger partial charge in [0, 0.05) is 6.54 Å². The van der Waals surface area contributed by atoms with Crippen molar-refractivity contribution >= 4 is 19.3 Å². The van der Waals surface area contributed by atoms with E-state index in [1.165, 1.54) is 18.2 Å². The molecule has 0 atom stereocenters. The zero-order valence-electron chi connectivity index (χ0n) is 18.1. The van der Waals surface area contributed by atoms with Gasteiger partial charge in [0.2, 0.25) is 0 Å². The van der Waals surface area contributed by atoms with Gasteiger partial charge in [-0.2, -0.15) is 0 Å². The molecule has 164 valence electrons. The topological polar surface area (TPSA) is 77.0 Å². The molecule has 0 bridgehead atoms. The molecule has 0 radical (unpaired) electrons. The normalized spacial score (nSPS) is 17.5. The fraction of sp³-hybridized carbons (Fsp3) is 0.348. The van der Waals surface area contributed by atoms with Crippen molar-refractivity contribution < 1.29 is 28.3 Å². The number of alkyl carbamates (subject to hydrolysis) is 1. The Morgan fingerprint density at radius 1 is 1.13 bits per heavy atom. The number of carbonyl (C=O) groups excluding carboxylic acids is 1. The fourth-order valence-corrected chi connectivity index (χ4v) is 2.98. The van der Waals surface area contributed by atoms with Gasteiger partial charge < -0.3 is 24.5 Å². The first-order chi connectivity index (χ1) is 14.6. The summed E-state index contributed by atoms with van der Waals surface area (Å²) in [4.78, 5) is 12.2. The van der Waals surface area contributed by atoms with Crippen molar-refractivity contribution in [3.8, 4) is 5.75 Å². The first-order valence-electron chi connectivity index (χ1n) is 10.1. The Kier molecular flexibility index (Phi) is 6.72. The highest BCUT2D eigenvalue weighted by Gasteiger charge is 2.52. The molecule has 2 aromatic carbocycles. The van der Waals surface area contributed by atoms with Crippen LogP contribution in [0.1, 0.15) is 38.8 Å². The predicted octanol–water partition coefficient (Wildman–Crippen LogP) is 4.47. The molecule has 8 heteroatoms. The van der Waals surface area contributed by atoms with E-state index in [2.05, 4.69) is 5.32 Å². The Balaban J connectivity index is 1.73. The molecule has 2 aromatic rings. The summed E-state index contributed by atoms with van der Waals surface area (Å²) in [6.07, 6.45) is 1.10. The summed E-state index contributed by atoms with van der Waals surface area (Å²) in [6, 6.07) is 13.3. The molecular formula is C23H27BFNO5. The van der Waals surface area contributed by atoms with Crippen molar-refractivity contribution in [2.24, 2.45) is 0 Å². The smallest absolute Gasteiger partial charge is 0.492 e. The Morgan fingerprint density at radius 3 is 2.39 bits per heavy atom. The lowest BCUT2D eigenvalue weighted by Gasteiger charge is -2.32. The van der Waals surface area contributed by atoms with Gasteiger partial charge in [-0.1, -0.05) is 42.5 Å². The molecule has 0 unspecified atom stereocenters. The second kappa shape index (κ2) is 9.12. The van der Waals surface area contributed by atoms with Crippen molar-refractivity contribution in [2.45, 2.75) is 45.5 Å². The van der Waals surface area contributed by atoms with Gasteiger partial charge in [0.1, 0.15) is 6.61 Å². The molecule has 3 rings (SSSR count). The number of amides is 1. The summed E-state index contributed by atoms with van der Waals surface area (Å²) in [6.45, 7) is 7.94. The lowest BCUT2D eigenvalue weighted by molar-refractivity contribution is 0.00578. The summed E-state index contributed by atoms with van der Waals surface area (Å²) in [5, 5.41) is 12.4. The number of hydrogen-bond donors (Lipinski definition) is 2. The molecule has 1 aliphatic heterocycles. The van der Waals surface area contributed by atoms with E-state index < -0.39 is 36.0 Å². The first-order valence-corrected chi connectivity index (χ1v) is 10.1. The van der Waals surface area contributed by atoms with E-state index in [4.69, 9.17) is 14.0 Å². The van der Waals surface area contributed by atoms with Crippen LogP contribution in [0.4, 0.5) is 9.18 Å². The van der Waals surface area contributed by atoms with Crippen LogP contribution in [-0.4, -0.2) is 36.1 Å². The zero-order valence-corrected chi connectivity index (χ0v) is 18.1. The van der Waals surface area contributed by atoms with Crippen LogP contribution in [0.2, 0.25) is 0 Å². The van der Waals surface area contributed by atoms with E-state index in [1.54, 1.807) is 6.08 Å². The van der Waals surface area contributed by atoms with E-state index in [9.17, 15) is 14.3 Å². The van der Waals surface area contributed by atoms with Crippen LogP contribution >= 0.6 is 0 Å². The van der Waals surface area contributed by atoms with Crippen LogP contribution in [0.25, 0.3) is 6.08 Å². The lowest BCUT2D eigenvalue weighted by Crippen LogP contribution is -2.41. The quantitative estimate of drug-likeness (QED) is 0.666. The highest BCUT2D eigenvalue weighted by molar-refractivity contribution is 6.56. The largest absolute Gasteiger partial charge is 0.505 e. The average molecular weight is 427 g/mol. The third kappa shape index (κ3) is 5.65. The maximum absolute atomic E-state index is 13.4. The van der Waals surface area contributed by atoms with Crippen molar-refractivity contribution in [3.63, 3.8) is 0 Å². The minimum atomic E-state index is -0.730. The van der Waals surface area contributed by atoms with E-state index in [0.717, 1.165) is 5.56 Å². The van der Waals surface area contributed by atoms with E-state index in [0.29, 0.717) is 11.0 Å². The number of ether oxygens (including phenoxy) is 1. The van der Waals surface area contributed by atoms with Crippen LogP contribution in [0.15, 0.2) is 54.0 Å². The molecule has 1 aliphatic rings. The van der Waals surface area contributed by atoms with Crippen molar-refractivity contribution in [3.05, 3.63) is 70.9 Å². The van der Waals surface area contributed by atoms with Gasteiger partial charge in [-0.05, 0) is 56.4 Å². The van der Waals surface area contributed by atoms with E-state index >= 15 is 0 Å². The number of phenols is 1. The number of nitrogens with one attached hydrogen (secondary N) is 1. The molecule has 1 saturated heterocycles. The summed E-state index contributed by atoms with van der Waals surface area (Å²) < 4.78 is 30.9. The van der Waals surface area contributed by atoms with Crippen molar-refractivity contribution in [1.29, 1.82) is 0 Å². The molecule has 6 nitrogen and oxygen atoms in total. The Hall–Kier alpha value is -2.84. The van der Waals surface area contributed by atoms with Gasteiger partial charge >= 0.3 is 13.2 Å². The second-order valence-corrected chi connectivity index (χ2v) is 8.43. The molecular weight excluding hydrogens is 400 g/mol. The number of carbonyl (C=O) groups is 1. The minimum absolute atomic E-state index is 0.0859. The number of phenolic OH excluding ortho intramolecular Hbond substituents is 1. The molecule has 1 fully saturated rings. The minimum Gasteiger partial charge on any atom is -0.505 e. The SMILES string of the molecule is CC1(C)OB(C(=Cc2ccc(F)c(O)c2)CNC(=O)OCc2ccccc2)OC1(C)C.